The van der Waals surface area contributed by atoms with Gasteiger partial charge in [0.25, 0.3) is 0 Å². The van der Waals surface area contributed by atoms with Gasteiger partial charge in [-0.1, -0.05) is 53.5 Å². The summed E-state index contributed by atoms with van der Waals surface area (Å²) in [6.07, 6.45) is 0. The molecule has 0 nitrogen and oxygen atoms in total. The first-order valence-corrected chi connectivity index (χ1v) is 6.82. The molecule has 0 saturated heterocycles. The molecule has 4 rings (SSSR count). The van der Waals surface area contributed by atoms with Gasteiger partial charge in [0.05, 0.1) is 0 Å². The van der Waals surface area contributed by atoms with Gasteiger partial charge in [-0.05, 0) is 52.4 Å². The molecule has 0 N–H and O–H groups in total. The van der Waals surface area contributed by atoms with Crippen molar-refractivity contribution in [2.75, 3.05) is 0 Å². The van der Waals surface area contributed by atoms with Crippen molar-refractivity contribution in [3.05, 3.63) is 53.6 Å². The van der Waals surface area contributed by atoms with E-state index in [1.807, 2.05) is 0 Å². The highest BCUT2D eigenvalue weighted by Crippen LogP contribution is 2.48. The van der Waals surface area contributed by atoms with Gasteiger partial charge in [-0.25, -0.2) is 0 Å². The minimum Gasteiger partial charge on any atom is -0.0784 e. The summed E-state index contributed by atoms with van der Waals surface area (Å²) >= 11 is 0. The van der Waals surface area contributed by atoms with Crippen LogP contribution in [-0.2, 0) is 0 Å². The lowest BCUT2D eigenvalue weighted by Crippen LogP contribution is -2.09. The molecular weight excluding hydrogens is 227 g/mol. The van der Waals surface area contributed by atoms with Crippen molar-refractivity contribution in [2.45, 2.75) is 13.8 Å². The van der Waals surface area contributed by atoms with Crippen LogP contribution in [0, 0.1) is 13.8 Å². The van der Waals surface area contributed by atoms with E-state index in [4.69, 9.17) is 0 Å². The van der Waals surface area contributed by atoms with Crippen LogP contribution >= 0.6 is 0 Å². The molecule has 0 aromatic heterocycles. The molecule has 0 unspecified atom stereocenters. The third-order valence-electron chi connectivity index (χ3n) is 4.53. The van der Waals surface area contributed by atoms with Crippen molar-refractivity contribution in [2.24, 2.45) is 0 Å². The molecule has 0 bridgehead atoms. The average molecular weight is 242 g/mol. The molecule has 90 valence electrons. The van der Waals surface area contributed by atoms with Crippen LogP contribution < -0.4 is 5.46 Å². The van der Waals surface area contributed by atoms with E-state index in [9.17, 15) is 0 Å². The molecule has 1 heteroatoms. The Morgan fingerprint density at radius 3 is 2.32 bits per heavy atom. The molecule has 0 aliphatic heterocycles. The van der Waals surface area contributed by atoms with Crippen LogP contribution in [0.25, 0.3) is 33.0 Å². The fraction of sp³-hybridized carbons (Fsp3) is 0.111. The highest BCUT2D eigenvalue weighted by Gasteiger charge is 2.23. The van der Waals surface area contributed by atoms with Crippen molar-refractivity contribution >= 4 is 24.1 Å². The molecule has 19 heavy (non-hydrogen) atoms. The highest BCUT2D eigenvalue weighted by molar-refractivity contribution is 6.41. The highest BCUT2D eigenvalue weighted by atomic mass is 14.3. The minimum atomic E-state index is 1.38. The number of fused-ring (bicyclic) bond motifs is 3. The van der Waals surface area contributed by atoms with Gasteiger partial charge < -0.3 is 0 Å². The lowest BCUT2D eigenvalue weighted by molar-refractivity contribution is 1.50. The van der Waals surface area contributed by atoms with Gasteiger partial charge in [0, 0.05) is 0 Å². The summed E-state index contributed by atoms with van der Waals surface area (Å²) in [4.78, 5) is 0. The zero-order chi connectivity index (χ0) is 13.1. The van der Waals surface area contributed by atoms with Crippen LogP contribution in [0.1, 0.15) is 11.1 Å². The van der Waals surface area contributed by atoms with Gasteiger partial charge in [-0.3, -0.25) is 0 Å². The lowest BCUT2D eigenvalue weighted by atomic mass is 9.83. The summed E-state index contributed by atoms with van der Waals surface area (Å²) < 4.78 is 0. The number of hydrogen-bond acceptors (Lipinski definition) is 0. The Balaban J connectivity index is 2.33. The molecule has 1 aliphatic carbocycles. The van der Waals surface area contributed by atoms with Crippen LogP contribution in [-0.4, -0.2) is 7.85 Å². The van der Waals surface area contributed by atoms with Gasteiger partial charge in [-0.15, -0.1) is 0 Å². The predicted octanol–water partition coefficient (Wildman–Crippen LogP) is 3.36. The van der Waals surface area contributed by atoms with Crippen LogP contribution in [0.3, 0.4) is 0 Å². The Morgan fingerprint density at radius 1 is 0.789 bits per heavy atom. The number of benzene rings is 3. The van der Waals surface area contributed by atoms with Crippen molar-refractivity contribution in [1.82, 2.24) is 0 Å². The first-order chi connectivity index (χ1) is 9.18. The molecule has 0 amide bonds. The summed E-state index contributed by atoms with van der Waals surface area (Å²) in [5.41, 5.74) is 9.80. The van der Waals surface area contributed by atoms with E-state index in [1.54, 1.807) is 0 Å². The maximum Gasteiger partial charge on any atom is 0.140 e. The van der Waals surface area contributed by atoms with Gasteiger partial charge in [0.1, 0.15) is 7.85 Å². The van der Waals surface area contributed by atoms with Crippen LogP contribution in [0.2, 0.25) is 0 Å². The molecule has 0 spiro atoms. The fourth-order valence-corrected chi connectivity index (χ4v) is 3.40. The number of aryl methyl sites for hydroxylation is 2. The van der Waals surface area contributed by atoms with Gasteiger partial charge in [-0.2, -0.15) is 0 Å². The molecule has 0 saturated carbocycles. The Bertz CT molecular complexity index is 844. The van der Waals surface area contributed by atoms with E-state index in [2.05, 4.69) is 64.2 Å². The van der Waals surface area contributed by atoms with Gasteiger partial charge >= 0.3 is 0 Å². The lowest BCUT2D eigenvalue weighted by Gasteiger charge is -2.11. The largest absolute Gasteiger partial charge is 0.140 e. The molecule has 0 atom stereocenters. The Labute approximate surface area is 114 Å². The zero-order valence-corrected chi connectivity index (χ0v) is 11.5. The first-order valence-electron chi connectivity index (χ1n) is 6.82. The topological polar surface area (TPSA) is 0 Å². The second kappa shape index (κ2) is 3.51. The SMILES string of the molecule is Bc1c(C)cc2c3c(c(C)ccc13)-c1ccccc1-2. The summed E-state index contributed by atoms with van der Waals surface area (Å²) in [6.45, 7) is 4.43. The number of hydrogen-bond donors (Lipinski definition) is 0. The minimum absolute atomic E-state index is 1.38. The number of rotatable bonds is 0. The molecule has 0 heterocycles. The van der Waals surface area contributed by atoms with Crippen LogP contribution in [0.15, 0.2) is 42.5 Å². The van der Waals surface area contributed by atoms with Gasteiger partial charge in [0.2, 0.25) is 0 Å². The van der Waals surface area contributed by atoms with Crippen molar-refractivity contribution in [3.63, 3.8) is 0 Å². The van der Waals surface area contributed by atoms with E-state index in [0.29, 0.717) is 0 Å². The maximum atomic E-state index is 2.35. The Morgan fingerprint density at radius 2 is 1.53 bits per heavy atom. The first kappa shape index (κ1) is 10.9. The molecule has 1 aliphatic rings. The molecular formula is C18H15B. The normalized spacial score (nSPS) is 11.9. The van der Waals surface area contributed by atoms with Crippen LogP contribution in [0.4, 0.5) is 0 Å². The molecule has 3 aromatic rings. The average Bonchev–Trinajstić information content (AvgIpc) is 2.74. The second-order valence-corrected chi connectivity index (χ2v) is 5.59. The van der Waals surface area contributed by atoms with Crippen molar-refractivity contribution in [3.8, 4) is 22.3 Å². The Hall–Kier alpha value is -2.02. The third kappa shape index (κ3) is 1.25. The van der Waals surface area contributed by atoms with E-state index >= 15 is 0 Å². The summed E-state index contributed by atoms with van der Waals surface area (Å²) in [6, 6.07) is 15.7. The summed E-state index contributed by atoms with van der Waals surface area (Å²) in [5.74, 6) is 0. The Kier molecular flexibility index (Phi) is 2.01. The molecule has 3 aromatic carbocycles. The monoisotopic (exact) mass is 242 g/mol. The van der Waals surface area contributed by atoms with E-state index < -0.39 is 0 Å². The van der Waals surface area contributed by atoms with E-state index in [1.165, 1.54) is 49.6 Å². The van der Waals surface area contributed by atoms with Gasteiger partial charge in [0.15, 0.2) is 0 Å². The molecule has 0 fully saturated rings. The standard InChI is InChI=1S/C18H15B/c1-10-7-8-14-17-15(9-11(2)18(14)19)12-5-3-4-6-13(12)16(10)17/h3-9H,19H2,1-2H3. The third-order valence-corrected chi connectivity index (χ3v) is 4.53. The molecule has 0 radical (unpaired) electrons. The van der Waals surface area contributed by atoms with Crippen molar-refractivity contribution in [1.29, 1.82) is 0 Å². The maximum absolute atomic E-state index is 2.35. The van der Waals surface area contributed by atoms with E-state index in [-0.39, 0.29) is 0 Å². The summed E-state index contributed by atoms with van der Waals surface area (Å²) in [7, 11) is 2.23. The van der Waals surface area contributed by atoms with Crippen LogP contribution in [0.5, 0.6) is 0 Å². The fourth-order valence-electron chi connectivity index (χ4n) is 3.40. The smallest absolute Gasteiger partial charge is 0.0784 e. The van der Waals surface area contributed by atoms with Crippen molar-refractivity contribution < 1.29 is 0 Å². The predicted molar refractivity (Wildman–Crippen MR) is 86.0 cm³/mol. The quantitative estimate of drug-likeness (QED) is 0.415. The zero-order valence-electron chi connectivity index (χ0n) is 11.5. The summed E-state index contributed by atoms with van der Waals surface area (Å²) in [5, 5.41) is 2.86. The second-order valence-electron chi connectivity index (χ2n) is 5.59. The van der Waals surface area contributed by atoms with E-state index in [0.717, 1.165) is 0 Å².